The summed E-state index contributed by atoms with van der Waals surface area (Å²) in [6.07, 6.45) is 2.95. The van der Waals surface area contributed by atoms with Crippen LogP contribution in [0, 0.1) is 6.92 Å². The number of ether oxygens (including phenoxy) is 3. The van der Waals surface area contributed by atoms with E-state index in [4.69, 9.17) is 19.2 Å². The number of fused-ring (bicyclic) bond motifs is 2. The molecule has 6 heteroatoms. The Bertz CT molecular complexity index is 1090. The van der Waals surface area contributed by atoms with Gasteiger partial charge in [-0.05, 0) is 69.9 Å². The molecule has 6 nitrogen and oxygen atoms in total. The first-order valence-corrected chi connectivity index (χ1v) is 10.3. The Labute approximate surface area is 176 Å². The molecule has 1 N–H and O–H groups in total. The van der Waals surface area contributed by atoms with Crippen LogP contribution in [0.1, 0.15) is 50.1 Å². The Morgan fingerprint density at radius 1 is 1.27 bits per heavy atom. The molecule has 3 aromatic rings. The van der Waals surface area contributed by atoms with E-state index >= 15 is 0 Å². The molecule has 1 unspecified atom stereocenters. The van der Waals surface area contributed by atoms with Gasteiger partial charge in [0.1, 0.15) is 11.4 Å². The summed E-state index contributed by atoms with van der Waals surface area (Å²) in [6, 6.07) is 8.20. The number of benzene rings is 1. The monoisotopic (exact) mass is 408 g/mol. The lowest BCUT2D eigenvalue weighted by Crippen LogP contribution is -2.29. The van der Waals surface area contributed by atoms with Crippen molar-refractivity contribution in [3.8, 4) is 16.9 Å². The van der Waals surface area contributed by atoms with Crippen LogP contribution in [0.2, 0.25) is 0 Å². The molecule has 1 atom stereocenters. The second-order valence-electron chi connectivity index (χ2n) is 8.63. The van der Waals surface area contributed by atoms with E-state index in [-0.39, 0.29) is 0 Å². The summed E-state index contributed by atoms with van der Waals surface area (Å²) in [6.45, 7) is 8.43. The summed E-state index contributed by atoms with van der Waals surface area (Å²) in [5.41, 5.74) is 4.82. The Hall–Kier alpha value is -2.86. The standard InChI is InChI=1S/C24H28N2O4/c1-14-19(21(23(27)28-5)30-24(2,3)4)20(17-10-11-25-22(17)26-14)16-8-9-18-15(13-16)7-6-12-29-18/h8-11,13,21H,6-7,12H2,1-5H3,(H,25,26). The van der Waals surface area contributed by atoms with E-state index in [2.05, 4.69) is 11.1 Å². The highest BCUT2D eigenvalue weighted by Gasteiger charge is 2.33. The number of H-pyrrole nitrogens is 1. The summed E-state index contributed by atoms with van der Waals surface area (Å²) < 4.78 is 17.1. The number of hydrogen-bond acceptors (Lipinski definition) is 5. The molecule has 0 amide bonds. The van der Waals surface area contributed by atoms with Crippen LogP contribution in [0.15, 0.2) is 30.5 Å². The minimum absolute atomic E-state index is 0.438. The minimum Gasteiger partial charge on any atom is -0.493 e. The summed E-state index contributed by atoms with van der Waals surface area (Å²) in [5.74, 6) is 0.491. The number of pyridine rings is 1. The van der Waals surface area contributed by atoms with Crippen molar-refractivity contribution in [1.29, 1.82) is 0 Å². The average molecular weight is 408 g/mol. The fraction of sp³-hybridized carbons (Fsp3) is 0.417. The van der Waals surface area contributed by atoms with Crippen molar-refractivity contribution >= 4 is 17.0 Å². The highest BCUT2D eigenvalue weighted by molar-refractivity contribution is 5.97. The maximum absolute atomic E-state index is 12.8. The zero-order chi connectivity index (χ0) is 21.5. The number of aryl methyl sites for hydroxylation is 2. The predicted octanol–water partition coefficient (Wildman–Crippen LogP) is 4.89. The van der Waals surface area contributed by atoms with Crippen molar-refractivity contribution < 1.29 is 19.0 Å². The largest absolute Gasteiger partial charge is 0.493 e. The molecule has 1 aliphatic rings. The van der Waals surface area contributed by atoms with Gasteiger partial charge < -0.3 is 19.2 Å². The van der Waals surface area contributed by atoms with Crippen molar-refractivity contribution in [3.63, 3.8) is 0 Å². The molecule has 0 saturated heterocycles. The van der Waals surface area contributed by atoms with E-state index in [0.717, 1.165) is 58.6 Å². The van der Waals surface area contributed by atoms with Crippen LogP contribution in [0.4, 0.5) is 0 Å². The Morgan fingerprint density at radius 2 is 2.07 bits per heavy atom. The van der Waals surface area contributed by atoms with Crippen molar-refractivity contribution in [3.05, 3.63) is 47.3 Å². The number of nitrogens with one attached hydrogen (secondary N) is 1. The molecule has 3 heterocycles. The topological polar surface area (TPSA) is 73.4 Å². The Kier molecular flexibility index (Phi) is 5.28. The van der Waals surface area contributed by atoms with Gasteiger partial charge in [0.05, 0.1) is 19.3 Å². The van der Waals surface area contributed by atoms with Gasteiger partial charge in [-0.1, -0.05) is 6.07 Å². The smallest absolute Gasteiger partial charge is 0.339 e. The van der Waals surface area contributed by atoms with Gasteiger partial charge in [-0.2, -0.15) is 0 Å². The van der Waals surface area contributed by atoms with Crippen molar-refractivity contribution in [2.24, 2.45) is 0 Å². The van der Waals surface area contributed by atoms with Gasteiger partial charge in [0.15, 0.2) is 6.10 Å². The Morgan fingerprint density at radius 3 is 2.80 bits per heavy atom. The molecular formula is C24H28N2O4. The van der Waals surface area contributed by atoms with E-state index in [0.29, 0.717) is 0 Å². The van der Waals surface area contributed by atoms with E-state index in [1.54, 1.807) is 0 Å². The van der Waals surface area contributed by atoms with Gasteiger partial charge in [-0.25, -0.2) is 9.78 Å². The van der Waals surface area contributed by atoms with Crippen LogP contribution in [0.5, 0.6) is 5.75 Å². The molecule has 0 aliphatic carbocycles. The number of methoxy groups -OCH3 is 1. The van der Waals surface area contributed by atoms with Crippen LogP contribution in [0.25, 0.3) is 22.2 Å². The van der Waals surface area contributed by atoms with Crippen LogP contribution in [-0.2, 0) is 20.7 Å². The third-order valence-electron chi connectivity index (χ3n) is 5.28. The summed E-state index contributed by atoms with van der Waals surface area (Å²) in [4.78, 5) is 20.7. The van der Waals surface area contributed by atoms with Gasteiger partial charge in [0.25, 0.3) is 0 Å². The molecule has 0 saturated carbocycles. The fourth-order valence-electron chi connectivity index (χ4n) is 4.04. The molecule has 1 aromatic carbocycles. The number of hydrogen-bond donors (Lipinski definition) is 1. The number of aromatic amines is 1. The maximum atomic E-state index is 12.8. The third kappa shape index (κ3) is 3.79. The maximum Gasteiger partial charge on any atom is 0.339 e. The number of nitrogens with zero attached hydrogens (tertiary/aromatic N) is 1. The van der Waals surface area contributed by atoms with Crippen LogP contribution in [-0.4, -0.2) is 35.3 Å². The minimum atomic E-state index is -0.885. The summed E-state index contributed by atoms with van der Waals surface area (Å²) in [7, 11) is 1.38. The number of esters is 1. The highest BCUT2D eigenvalue weighted by Crippen LogP contribution is 2.41. The molecule has 1 aliphatic heterocycles. The molecule has 2 aromatic heterocycles. The molecule has 0 fully saturated rings. The van der Waals surface area contributed by atoms with Gasteiger partial charge >= 0.3 is 5.97 Å². The van der Waals surface area contributed by atoms with Crippen LogP contribution >= 0.6 is 0 Å². The molecule has 4 rings (SSSR count). The number of rotatable bonds is 4. The first kappa shape index (κ1) is 20.4. The van der Waals surface area contributed by atoms with Crippen molar-refractivity contribution in [2.45, 2.75) is 52.2 Å². The van der Waals surface area contributed by atoms with Crippen molar-refractivity contribution in [2.75, 3.05) is 13.7 Å². The lowest BCUT2D eigenvalue weighted by Gasteiger charge is -2.29. The van der Waals surface area contributed by atoms with E-state index in [9.17, 15) is 4.79 Å². The SMILES string of the molecule is COC(=O)C(OC(C)(C)C)c1c(C)nc2[nH]ccc2c1-c1ccc2c(c1)CCCO2. The molecule has 30 heavy (non-hydrogen) atoms. The van der Waals surface area contributed by atoms with E-state index in [1.807, 2.05) is 52.1 Å². The molecule has 0 spiro atoms. The average Bonchev–Trinajstić information content (AvgIpc) is 3.17. The molecular weight excluding hydrogens is 380 g/mol. The van der Waals surface area contributed by atoms with E-state index in [1.165, 1.54) is 12.7 Å². The fourth-order valence-corrected chi connectivity index (χ4v) is 4.04. The zero-order valence-corrected chi connectivity index (χ0v) is 18.2. The van der Waals surface area contributed by atoms with E-state index < -0.39 is 17.7 Å². The first-order valence-electron chi connectivity index (χ1n) is 10.3. The number of carbonyl (C=O) groups is 1. The second-order valence-corrected chi connectivity index (χ2v) is 8.63. The lowest BCUT2D eigenvalue weighted by molar-refractivity contribution is -0.164. The number of aromatic nitrogens is 2. The quantitative estimate of drug-likeness (QED) is 0.622. The van der Waals surface area contributed by atoms with Gasteiger partial charge in [0.2, 0.25) is 0 Å². The van der Waals surface area contributed by atoms with Gasteiger partial charge in [0, 0.05) is 28.4 Å². The summed E-state index contributed by atoms with van der Waals surface area (Å²) >= 11 is 0. The zero-order valence-electron chi connectivity index (χ0n) is 18.2. The normalized spacial score (nSPS) is 14.8. The molecule has 158 valence electrons. The lowest BCUT2D eigenvalue weighted by atomic mass is 9.90. The summed E-state index contributed by atoms with van der Waals surface area (Å²) in [5, 5.41) is 0.943. The molecule has 0 bridgehead atoms. The highest BCUT2D eigenvalue weighted by atomic mass is 16.6. The second kappa shape index (κ2) is 7.76. The van der Waals surface area contributed by atoms with Crippen LogP contribution in [0.3, 0.4) is 0 Å². The predicted molar refractivity (Wildman–Crippen MR) is 116 cm³/mol. The molecule has 0 radical (unpaired) electrons. The van der Waals surface area contributed by atoms with Gasteiger partial charge in [-0.3, -0.25) is 0 Å². The third-order valence-corrected chi connectivity index (χ3v) is 5.28. The first-order chi connectivity index (χ1) is 14.3. The number of carbonyl (C=O) groups excluding carboxylic acids is 1. The van der Waals surface area contributed by atoms with Crippen molar-refractivity contribution in [1.82, 2.24) is 9.97 Å². The van der Waals surface area contributed by atoms with Crippen LogP contribution < -0.4 is 4.74 Å². The van der Waals surface area contributed by atoms with Gasteiger partial charge in [-0.15, -0.1) is 0 Å². The Balaban J connectivity index is 1.98.